The summed E-state index contributed by atoms with van der Waals surface area (Å²) in [5.74, 6) is -0.0496. The number of benzene rings is 2. The van der Waals surface area contributed by atoms with Crippen LogP contribution < -0.4 is 4.74 Å². The van der Waals surface area contributed by atoms with Crippen LogP contribution in [0.2, 0.25) is 0 Å². The molecule has 0 atom stereocenters. The molecule has 0 saturated heterocycles. The molecule has 0 aliphatic heterocycles. The van der Waals surface area contributed by atoms with E-state index in [0.717, 1.165) is 0 Å². The van der Waals surface area contributed by atoms with Crippen LogP contribution in [0.1, 0.15) is 15.9 Å². The fourth-order valence-corrected chi connectivity index (χ4v) is 2.24. The van der Waals surface area contributed by atoms with Gasteiger partial charge >= 0.3 is 0 Å². The zero-order valence-corrected chi connectivity index (χ0v) is 10.8. The lowest BCUT2D eigenvalue weighted by atomic mass is 10.0. The number of ketones is 1. The van der Waals surface area contributed by atoms with E-state index in [0.29, 0.717) is 27.8 Å². The Balaban J connectivity index is 2.13. The van der Waals surface area contributed by atoms with E-state index in [1.54, 1.807) is 36.4 Å². The fourth-order valence-electron chi connectivity index (χ4n) is 2.24. The molecule has 4 heteroatoms. The van der Waals surface area contributed by atoms with Crippen LogP contribution in [-0.2, 0) is 0 Å². The number of aromatic nitrogens is 1. The fraction of sp³-hybridized carbons (Fsp3) is 0.0625. The Morgan fingerprint density at radius 1 is 1.20 bits per heavy atom. The third kappa shape index (κ3) is 1.95. The van der Waals surface area contributed by atoms with Crippen molar-refractivity contribution in [3.8, 4) is 5.75 Å². The van der Waals surface area contributed by atoms with Crippen LogP contribution in [0.4, 0.5) is 4.39 Å². The van der Waals surface area contributed by atoms with Gasteiger partial charge < -0.3 is 9.72 Å². The number of fused-ring (bicyclic) bond motifs is 1. The van der Waals surface area contributed by atoms with Gasteiger partial charge in [-0.15, -0.1) is 0 Å². The Kier molecular flexibility index (Phi) is 2.99. The van der Waals surface area contributed by atoms with Gasteiger partial charge in [-0.05, 0) is 24.3 Å². The van der Waals surface area contributed by atoms with E-state index in [-0.39, 0.29) is 5.78 Å². The molecule has 100 valence electrons. The van der Waals surface area contributed by atoms with Crippen molar-refractivity contribution in [3.05, 3.63) is 65.6 Å². The minimum atomic E-state index is -0.407. The van der Waals surface area contributed by atoms with Crippen LogP contribution in [0.15, 0.2) is 48.7 Å². The van der Waals surface area contributed by atoms with E-state index in [4.69, 9.17) is 4.74 Å². The topological polar surface area (TPSA) is 42.1 Å². The molecular formula is C16H12FNO2. The average molecular weight is 269 g/mol. The number of hydrogen-bond acceptors (Lipinski definition) is 2. The minimum Gasteiger partial charge on any atom is -0.497 e. The summed E-state index contributed by atoms with van der Waals surface area (Å²) in [6, 6.07) is 11.5. The predicted molar refractivity (Wildman–Crippen MR) is 74.7 cm³/mol. The van der Waals surface area contributed by atoms with Crippen LogP contribution in [-0.4, -0.2) is 17.9 Å². The molecule has 0 unspecified atom stereocenters. The maximum atomic E-state index is 13.9. The molecule has 20 heavy (non-hydrogen) atoms. The summed E-state index contributed by atoms with van der Waals surface area (Å²) in [7, 11) is 1.54. The van der Waals surface area contributed by atoms with E-state index in [1.165, 1.54) is 19.4 Å². The highest BCUT2D eigenvalue weighted by Gasteiger charge is 2.17. The van der Waals surface area contributed by atoms with E-state index in [9.17, 15) is 9.18 Å². The Labute approximate surface area is 115 Å². The lowest BCUT2D eigenvalue weighted by Crippen LogP contribution is -2.01. The highest BCUT2D eigenvalue weighted by Crippen LogP contribution is 2.25. The van der Waals surface area contributed by atoms with Gasteiger partial charge in [0, 0.05) is 22.7 Å². The third-order valence-corrected chi connectivity index (χ3v) is 3.23. The molecule has 2 aromatic carbocycles. The molecule has 0 saturated carbocycles. The summed E-state index contributed by atoms with van der Waals surface area (Å²) in [4.78, 5) is 15.4. The molecule has 3 aromatic rings. The van der Waals surface area contributed by atoms with Crippen molar-refractivity contribution in [2.24, 2.45) is 0 Å². The quantitative estimate of drug-likeness (QED) is 0.739. The summed E-state index contributed by atoms with van der Waals surface area (Å²) < 4.78 is 19.0. The number of methoxy groups -OCH3 is 1. The summed E-state index contributed by atoms with van der Waals surface area (Å²) in [6.45, 7) is 0. The van der Waals surface area contributed by atoms with Crippen LogP contribution in [0, 0.1) is 5.82 Å². The largest absolute Gasteiger partial charge is 0.497 e. The SMILES string of the molecule is COc1cccc(C(=O)c2c[nH]c3cccc(F)c23)c1. The van der Waals surface area contributed by atoms with Gasteiger partial charge in [0.25, 0.3) is 0 Å². The van der Waals surface area contributed by atoms with Crippen molar-refractivity contribution in [1.29, 1.82) is 0 Å². The van der Waals surface area contributed by atoms with Crippen molar-refractivity contribution >= 4 is 16.7 Å². The molecule has 1 aromatic heterocycles. The molecule has 0 spiro atoms. The highest BCUT2D eigenvalue weighted by atomic mass is 19.1. The summed E-state index contributed by atoms with van der Waals surface area (Å²) >= 11 is 0. The molecule has 3 rings (SSSR count). The van der Waals surface area contributed by atoms with E-state index < -0.39 is 5.82 Å². The first kappa shape index (κ1) is 12.4. The van der Waals surface area contributed by atoms with Gasteiger partial charge in [0.05, 0.1) is 12.7 Å². The molecule has 3 nitrogen and oxygen atoms in total. The number of ether oxygens (including phenoxy) is 1. The Hall–Kier alpha value is -2.62. The molecule has 0 aliphatic rings. The molecule has 1 N–H and O–H groups in total. The zero-order chi connectivity index (χ0) is 14.1. The smallest absolute Gasteiger partial charge is 0.195 e. The van der Waals surface area contributed by atoms with E-state index >= 15 is 0 Å². The van der Waals surface area contributed by atoms with Crippen LogP contribution in [0.3, 0.4) is 0 Å². The van der Waals surface area contributed by atoms with Gasteiger partial charge in [0.15, 0.2) is 5.78 Å². The molecule has 1 heterocycles. The second-order valence-electron chi connectivity index (χ2n) is 4.43. The van der Waals surface area contributed by atoms with Crippen LogP contribution >= 0.6 is 0 Å². The maximum absolute atomic E-state index is 13.9. The summed E-state index contributed by atoms with van der Waals surface area (Å²) in [6.07, 6.45) is 1.54. The predicted octanol–water partition coefficient (Wildman–Crippen LogP) is 3.55. The first-order valence-electron chi connectivity index (χ1n) is 6.15. The first-order valence-corrected chi connectivity index (χ1v) is 6.15. The number of carbonyl (C=O) groups excluding carboxylic acids is 1. The van der Waals surface area contributed by atoms with Crippen LogP contribution in [0.25, 0.3) is 10.9 Å². The minimum absolute atomic E-state index is 0.236. The first-order chi connectivity index (χ1) is 9.70. The van der Waals surface area contributed by atoms with Crippen molar-refractivity contribution in [1.82, 2.24) is 4.98 Å². The number of carbonyl (C=O) groups is 1. The standard InChI is InChI=1S/C16H12FNO2/c1-20-11-5-2-4-10(8-11)16(19)12-9-18-14-7-3-6-13(17)15(12)14/h2-9,18H,1H3. The Morgan fingerprint density at radius 3 is 2.80 bits per heavy atom. The van der Waals surface area contributed by atoms with E-state index in [1.807, 2.05) is 0 Å². The van der Waals surface area contributed by atoms with Crippen molar-refractivity contribution in [3.63, 3.8) is 0 Å². The van der Waals surface area contributed by atoms with Gasteiger partial charge in [-0.3, -0.25) is 4.79 Å². The number of nitrogens with one attached hydrogen (secondary N) is 1. The molecule has 0 amide bonds. The number of rotatable bonds is 3. The molecule has 0 bridgehead atoms. The van der Waals surface area contributed by atoms with Gasteiger partial charge in [0.2, 0.25) is 0 Å². The molecule has 0 radical (unpaired) electrons. The zero-order valence-electron chi connectivity index (χ0n) is 10.8. The molecular weight excluding hydrogens is 257 g/mol. The lowest BCUT2D eigenvalue weighted by molar-refractivity contribution is 0.103. The number of halogens is 1. The number of hydrogen-bond donors (Lipinski definition) is 1. The van der Waals surface area contributed by atoms with Crippen LogP contribution in [0.5, 0.6) is 5.75 Å². The highest BCUT2D eigenvalue weighted by molar-refractivity contribution is 6.16. The molecule has 0 fully saturated rings. The van der Waals surface area contributed by atoms with Crippen molar-refractivity contribution < 1.29 is 13.9 Å². The third-order valence-electron chi connectivity index (χ3n) is 3.23. The summed E-state index contributed by atoms with van der Waals surface area (Å²) in [5, 5.41) is 0.320. The van der Waals surface area contributed by atoms with Gasteiger partial charge in [-0.1, -0.05) is 18.2 Å². The molecule has 0 aliphatic carbocycles. The van der Waals surface area contributed by atoms with E-state index in [2.05, 4.69) is 4.98 Å². The van der Waals surface area contributed by atoms with Crippen molar-refractivity contribution in [2.75, 3.05) is 7.11 Å². The number of aromatic amines is 1. The van der Waals surface area contributed by atoms with Gasteiger partial charge in [-0.25, -0.2) is 4.39 Å². The summed E-state index contributed by atoms with van der Waals surface area (Å²) in [5.41, 5.74) is 1.40. The second kappa shape index (κ2) is 4.81. The Morgan fingerprint density at radius 2 is 2.00 bits per heavy atom. The van der Waals surface area contributed by atoms with Crippen molar-refractivity contribution in [2.45, 2.75) is 0 Å². The normalized spacial score (nSPS) is 10.7. The second-order valence-corrected chi connectivity index (χ2v) is 4.43. The Bertz CT molecular complexity index is 792. The van der Waals surface area contributed by atoms with Gasteiger partial charge in [-0.2, -0.15) is 0 Å². The maximum Gasteiger partial charge on any atom is 0.195 e. The van der Waals surface area contributed by atoms with Gasteiger partial charge in [0.1, 0.15) is 11.6 Å². The monoisotopic (exact) mass is 269 g/mol. The lowest BCUT2D eigenvalue weighted by Gasteiger charge is -2.03. The number of H-pyrrole nitrogens is 1. The average Bonchev–Trinajstić information content (AvgIpc) is 2.92.